The third kappa shape index (κ3) is 5.64. The van der Waals surface area contributed by atoms with Crippen LogP contribution in [0.3, 0.4) is 0 Å². The van der Waals surface area contributed by atoms with Crippen molar-refractivity contribution < 1.29 is 27.8 Å². The Labute approximate surface area is 204 Å². The molecule has 0 spiro atoms. The number of hydrogen-bond donors (Lipinski definition) is 2. The van der Waals surface area contributed by atoms with Gasteiger partial charge in [-0.1, -0.05) is 6.07 Å². The Kier molecular flexibility index (Phi) is 7.41. The van der Waals surface area contributed by atoms with Crippen molar-refractivity contribution in [2.24, 2.45) is 0 Å². The third-order valence-corrected chi connectivity index (χ3v) is 6.96. The molecule has 2 aliphatic heterocycles. The molecule has 0 atom stereocenters. The second-order valence-electron chi connectivity index (χ2n) is 8.59. The lowest BCUT2D eigenvalue weighted by Gasteiger charge is -2.23. The van der Waals surface area contributed by atoms with Crippen LogP contribution in [0, 0.1) is 0 Å². The van der Waals surface area contributed by atoms with E-state index in [0.717, 1.165) is 47.3 Å². The van der Waals surface area contributed by atoms with Gasteiger partial charge in [0.2, 0.25) is 0 Å². The number of carboxylic acid groups (broad SMARTS) is 1. The van der Waals surface area contributed by atoms with E-state index in [1.54, 1.807) is 17.7 Å². The van der Waals surface area contributed by atoms with Gasteiger partial charge < -0.3 is 15.2 Å². The van der Waals surface area contributed by atoms with Crippen LogP contribution in [0.4, 0.5) is 13.2 Å². The van der Waals surface area contributed by atoms with Gasteiger partial charge in [-0.25, -0.2) is 19.4 Å². The van der Waals surface area contributed by atoms with Crippen molar-refractivity contribution in [3.8, 4) is 27.8 Å². The summed E-state index contributed by atoms with van der Waals surface area (Å²) in [4.78, 5) is 19.7. The molecule has 0 aliphatic carbocycles. The van der Waals surface area contributed by atoms with Gasteiger partial charge in [0, 0.05) is 22.9 Å². The molecule has 0 bridgehead atoms. The molecule has 2 aliphatic rings. The van der Waals surface area contributed by atoms with Crippen LogP contribution in [0.15, 0.2) is 24.5 Å². The number of aliphatic carboxylic acids is 1. The first kappa shape index (κ1) is 25.1. The summed E-state index contributed by atoms with van der Waals surface area (Å²) in [6.07, 6.45) is -0.215. The largest absolute Gasteiger partial charge is 0.493 e. The van der Waals surface area contributed by atoms with Crippen LogP contribution in [0.2, 0.25) is 0 Å². The number of piperidine rings is 1. The highest BCUT2D eigenvalue weighted by Gasteiger charge is 2.38. The lowest BCUT2D eigenvalue weighted by molar-refractivity contribution is -0.192. The van der Waals surface area contributed by atoms with Gasteiger partial charge in [-0.05, 0) is 63.4 Å². The van der Waals surface area contributed by atoms with Crippen LogP contribution in [0.5, 0.6) is 5.75 Å². The summed E-state index contributed by atoms with van der Waals surface area (Å²) in [5.41, 5.74) is 3.58. The molecule has 0 amide bonds. The predicted octanol–water partition coefficient (Wildman–Crippen LogP) is 4.68. The van der Waals surface area contributed by atoms with Crippen molar-refractivity contribution in [3.05, 3.63) is 35.0 Å². The van der Waals surface area contributed by atoms with Gasteiger partial charge in [-0.15, -0.1) is 11.3 Å². The molecule has 4 heterocycles. The molecule has 3 aromatic rings. The number of rotatable bonds is 3. The molecule has 0 radical (unpaired) electrons. The summed E-state index contributed by atoms with van der Waals surface area (Å²) >= 11 is 1.72. The Morgan fingerprint density at radius 3 is 2.66 bits per heavy atom. The Hall–Kier alpha value is -2.99. The number of thiazole rings is 1. The van der Waals surface area contributed by atoms with Crippen LogP contribution < -0.4 is 10.1 Å². The standard InChI is InChI=1S/C21H25N5OS.C2HF3O2/c1-13(2)26-20(23-12-24-26)21-25-19-16-11-15(14-5-8-22-9-6-14)3-4-17(16)27-10-7-18(19)28-21;3-2(4,5)1(6)7/h3-4,11-14,22H,5-10H2,1-2H3;(H,6,7). The van der Waals surface area contributed by atoms with E-state index in [1.165, 1.54) is 23.3 Å². The second-order valence-corrected chi connectivity index (χ2v) is 9.68. The molecule has 35 heavy (non-hydrogen) atoms. The van der Waals surface area contributed by atoms with E-state index in [0.29, 0.717) is 12.5 Å². The molecule has 2 N–H and O–H groups in total. The number of nitrogens with zero attached hydrogens (tertiary/aromatic N) is 4. The molecule has 1 saturated heterocycles. The SMILES string of the molecule is CC(C)n1ncnc1-c1nc2c(s1)CCOc1ccc(C3CCNCC3)cc1-2.O=C(O)C(F)(F)F. The van der Waals surface area contributed by atoms with Gasteiger partial charge in [0.1, 0.15) is 12.1 Å². The average Bonchev–Trinajstić information content (AvgIpc) is 3.44. The molecule has 188 valence electrons. The van der Waals surface area contributed by atoms with Gasteiger partial charge >= 0.3 is 12.1 Å². The lowest BCUT2D eigenvalue weighted by Crippen LogP contribution is -2.26. The third-order valence-electron chi connectivity index (χ3n) is 5.85. The average molecular weight is 510 g/mol. The van der Waals surface area contributed by atoms with Crippen LogP contribution in [-0.4, -0.2) is 56.7 Å². The molecule has 8 nitrogen and oxygen atoms in total. The number of carboxylic acids is 1. The van der Waals surface area contributed by atoms with Gasteiger partial charge in [0.15, 0.2) is 10.8 Å². The number of halogens is 3. The smallest absolute Gasteiger partial charge is 0.490 e. The second kappa shape index (κ2) is 10.3. The quantitative estimate of drug-likeness (QED) is 0.528. The van der Waals surface area contributed by atoms with Crippen molar-refractivity contribution in [1.29, 1.82) is 0 Å². The minimum absolute atomic E-state index is 0.253. The number of fused-ring (bicyclic) bond motifs is 3. The summed E-state index contributed by atoms with van der Waals surface area (Å²) < 4.78 is 39.7. The van der Waals surface area contributed by atoms with Gasteiger partial charge in [-0.3, -0.25) is 0 Å². The van der Waals surface area contributed by atoms with Gasteiger partial charge in [0.05, 0.1) is 12.3 Å². The number of alkyl halides is 3. The molecule has 2 aromatic heterocycles. The molecule has 1 aromatic carbocycles. The van der Waals surface area contributed by atoms with Gasteiger partial charge in [0.25, 0.3) is 0 Å². The first-order chi connectivity index (χ1) is 16.6. The van der Waals surface area contributed by atoms with E-state index < -0.39 is 12.1 Å². The zero-order valence-electron chi connectivity index (χ0n) is 19.3. The summed E-state index contributed by atoms with van der Waals surface area (Å²) in [7, 11) is 0. The molecule has 12 heteroatoms. The van der Waals surface area contributed by atoms with E-state index in [2.05, 4.69) is 47.4 Å². The highest BCUT2D eigenvalue weighted by atomic mass is 32.1. The Balaban J connectivity index is 0.000000364. The van der Waals surface area contributed by atoms with Crippen molar-refractivity contribution in [3.63, 3.8) is 0 Å². The van der Waals surface area contributed by atoms with E-state index in [-0.39, 0.29) is 6.04 Å². The summed E-state index contributed by atoms with van der Waals surface area (Å²) in [5.74, 6) is -0.350. The lowest BCUT2D eigenvalue weighted by atomic mass is 9.89. The van der Waals surface area contributed by atoms with Crippen LogP contribution in [-0.2, 0) is 11.2 Å². The minimum Gasteiger partial charge on any atom is -0.493 e. The van der Waals surface area contributed by atoms with E-state index in [4.69, 9.17) is 19.6 Å². The van der Waals surface area contributed by atoms with Crippen LogP contribution >= 0.6 is 11.3 Å². The minimum atomic E-state index is -5.08. The zero-order valence-corrected chi connectivity index (χ0v) is 20.1. The first-order valence-electron chi connectivity index (χ1n) is 11.3. The molecular weight excluding hydrogens is 483 g/mol. The van der Waals surface area contributed by atoms with E-state index in [1.807, 2.05) is 4.68 Å². The van der Waals surface area contributed by atoms with Crippen molar-refractivity contribution in [2.45, 2.75) is 51.2 Å². The maximum Gasteiger partial charge on any atom is 0.490 e. The van der Waals surface area contributed by atoms with Crippen molar-refractivity contribution in [2.75, 3.05) is 19.7 Å². The molecular formula is C23H26F3N5O3S. The highest BCUT2D eigenvalue weighted by molar-refractivity contribution is 7.15. The summed E-state index contributed by atoms with van der Waals surface area (Å²) in [5, 5.41) is 15.9. The fourth-order valence-corrected chi connectivity index (χ4v) is 5.18. The van der Waals surface area contributed by atoms with Crippen molar-refractivity contribution >= 4 is 17.3 Å². The fraction of sp³-hybridized carbons (Fsp3) is 0.478. The van der Waals surface area contributed by atoms with E-state index >= 15 is 0 Å². The Bertz CT molecular complexity index is 1190. The predicted molar refractivity (Wildman–Crippen MR) is 125 cm³/mol. The van der Waals surface area contributed by atoms with Crippen LogP contribution in [0.1, 0.15) is 49.1 Å². The molecule has 0 unspecified atom stereocenters. The number of ether oxygens (including phenoxy) is 1. The number of nitrogens with one attached hydrogen (secondary N) is 1. The molecule has 1 fully saturated rings. The zero-order chi connectivity index (χ0) is 25.2. The molecule has 0 saturated carbocycles. The van der Waals surface area contributed by atoms with E-state index in [9.17, 15) is 13.2 Å². The topological polar surface area (TPSA) is 102 Å². The summed E-state index contributed by atoms with van der Waals surface area (Å²) in [6, 6.07) is 6.94. The number of carbonyl (C=O) groups is 1. The normalized spacial score (nSPS) is 15.9. The number of aromatic nitrogens is 4. The maximum atomic E-state index is 10.6. The fourth-order valence-electron chi connectivity index (χ4n) is 4.13. The highest BCUT2D eigenvalue weighted by Crippen LogP contribution is 2.42. The summed E-state index contributed by atoms with van der Waals surface area (Å²) in [6.45, 7) is 7.10. The number of hydrogen-bond acceptors (Lipinski definition) is 7. The maximum absolute atomic E-state index is 10.6. The first-order valence-corrected chi connectivity index (χ1v) is 12.1. The molecule has 5 rings (SSSR count). The van der Waals surface area contributed by atoms with Crippen molar-refractivity contribution in [1.82, 2.24) is 25.1 Å². The van der Waals surface area contributed by atoms with Crippen LogP contribution in [0.25, 0.3) is 22.1 Å². The number of benzene rings is 1. The van der Waals surface area contributed by atoms with Gasteiger partial charge in [-0.2, -0.15) is 18.3 Å². The Morgan fingerprint density at radius 1 is 1.29 bits per heavy atom. The monoisotopic (exact) mass is 509 g/mol. The Morgan fingerprint density at radius 2 is 2.00 bits per heavy atom.